The van der Waals surface area contributed by atoms with Gasteiger partial charge in [0.1, 0.15) is 23.2 Å². The van der Waals surface area contributed by atoms with E-state index in [0.29, 0.717) is 25.8 Å². The molecular weight excluding hydrogens is 402 g/mol. The molecule has 3 rings (SSSR count). The van der Waals surface area contributed by atoms with Crippen molar-refractivity contribution in [1.82, 2.24) is 25.3 Å². The maximum atomic E-state index is 13.1. The Kier molecular flexibility index (Phi) is 5.87. The van der Waals surface area contributed by atoms with Gasteiger partial charge in [0, 0.05) is 32.9 Å². The third kappa shape index (κ3) is 3.96. The Hall–Kier alpha value is -1.85. The highest BCUT2D eigenvalue weighted by Crippen LogP contribution is 2.35. The van der Waals surface area contributed by atoms with Gasteiger partial charge in [0.05, 0.1) is 17.8 Å². The van der Waals surface area contributed by atoms with Gasteiger partial charge in [-0.2, -0.15) is 18.3 Å². The Balaban J connectivity index is 1.81. The summed E-state index contributed by atoms with van der Waals surface area (Å²) in [5.74, 6) is -1.98. The van der Waals surface area contributed by atoms with E-state index in [9.17, 15) is 17.6 Å². The van der Waals surface area contributed by atoms with E-state index in [1.807, 2.05) is 4.90 Å². The highest BCUT2D eigenvalue weighted by molar-refractivity contribution is 6.30. The van der Waals surface area contributed by atoms with Crippen LogP contribution in [0.25, 0.3) is 0 Å². The van der Waals surface area contributed by atoms with Gasteiger partial charge in [0.15, 0.2) is 0 Å². The number of nitrogens with zero attached hydrogens (tertiary/aromatic N) is 4. The second-order valence-electron chi connectivity index (χ2n) is 6.74. The molecule has 0 aliphatic carbocycles. The summed E-state index contributed by atoms with van der Waals surface area (Å²) in [6.45, 7) is 1.44. The lowest BCUT2D eigenvalue weighted by molar-refractivity contribution is -0.0875. The second-order valence-corrected chi connectivity index (χ2v) is 7.10. The van der Waals surface area contributed by atoms with Crippen LogP contribution >= 0.6 is 11.6 Å². The summed E-state index contributed by atoms with van der Waals surface area (Å²) in [6.07, 6.45) is -1.03. The van der Waals surface area contributed by atoms with Crippen molar-refractivity contribution in [3.05, 3.63) is 28.3 Å². The summed E-state index contributed by atoms with van der Waals surface area (Å²) in [5.41, 5.74) is 5.53. The fraction of sp³-hybridized carbons (Fsp3) is 0.625. The van der Waals surface area contributed by atoms with Gasteiger partial charge in [-0.25, -0.2) is 9.38 Å². The molecular formula is C16H22ClF4N7. The van der Waals surface area contributed by atoms with Crippen molar-refractivity contribution in [3.63, 3.8) is 0 Å². The van der Waals surface area contributed by atoms with Crippen LogP contribution in [0.1, 0.15) is 24.4 Å². The van der Waals surface area contributed by atoms with Crippen LogP contribution < -0.4 is 16.4 Å². The van der Waals surface area contributed by atoms with Crippen molar-refractivity contribution >= 4 is 17.8 Å². The third-order valence-electron chi connectivity index (χ3n) is 4.99. The number of nitrogens with two attached hydrogens (primary N) is 1. The standard InChI is InChI=1S/C16H22ClF4N7/c1-23-14-12(15(19,20)21)8-24-16(22,26-14)11-9-25-28(13(11)17)10-2-5-27(6-3-10)7-4-18/h8-10,23,26H,2-7,22H2,1H3. The molecule has 0 spiro atoms. The highest BCUT2D eigenvalue weighted by atomic mass is 35.5. The number of alkyl halides is 4. The molecule has 0 radical (unpaired) electrons. The summed E-state index contributed by atoms with van der Waals surface area (Å²) in [6, 6.07) is -0.00155. The SMILES string of the molecule is CNC1=C(C(F)(F)F)C=NC(N)(c2cnn(C3CCN(CCF)CC3)c2Cl)N1. The van der Waals surface area contributed by atoms with Crippen LogP contribution in [0.4, 0.5) is 17.6 Å². The van der Waals surface area contributed by atoms with Crippen LogP contribution in [-0.2, 0) is 5.79 Å². The van der Waals surface area contributed by atoms with Crippen LogP contribution in [0.2, 0.25) is 5.15 Å². The lowest BCUT2D eigenvalue weighted by atomic mass is 10.1. The van der Waals surface area contributed by atoms with E-state index in [4.69, 9.17) is 17.3 Å². The van der Waals surface area contributed by atoms with Gasteiger partial charge in [-0.05, 0) is 12.8 Å². The molecule has 0 saturated carbocycles. The molecule has 1 fully saturated rings. The normalized spacial score (nSPS) is 24.5. The van der Waals surface area contributed by atoms with Gasteiger partial charge >= 0.3 is 6.18 Å². The molecule has 0 amide bonds. The van der Waals surface area contributed by atoms with Crippen LogP contribution in [0.5, 0.6) is 0 Å². The highest BCUT2D eigenvalue weighted by Gasteiger charge is 2.42. The monoisotopic (exact) mass is 423 g/mol. The molecule has 1 atom stereocenters. The van der Waals surface area contributed by atoms with E-state index in [1.165, 1.54) is 13.2 Å². The van der Waals surface area contributed by atoms with Crippen molar-refractivity contribution in [2.24, 2.45) is 10.7 Å². The number of halogens is 5. The number of aliphatic imine (C=N–C) groups is 1. The maximum absolute atomic E-state index is 13.1. The van der Waals surface area contributed by atoms with Crippen molar-refractivity contribution in [3.8, 4) is 0 Å². The number of hydrogen-bond donors (Lipinski definition) is 3. The first-order chi connectivity index (χ1) is 13.2. The molecule has 28 heavy (non-hydrogen) atoms. The Morgan fingerprint density at radius 1 is 1.39 bits per heavy atom. The van der Waals surface area contributed by atoms with Gasteiger partial charge < -0.3 is 15.5 Å². The predicted octanol–water partition coefficient (Wildman–Crippen LogP) is 1.88. The number of piperidine rings is 1. The molecule has 2 aliphatic heterocycles. The lowest BCUT2D eigenvalue weighted by Crippen LogP contribution is -2.53. The summed E-state index contributed by atoms with van der Waals surface area (Å²) in [4.78, 5) is 5.89. The molecule has 1 aromatic heterocycles. The van der Waals surface area contributed by atoms with Crippen molar-refractivity contribution in [1.29, 1.82) is 0 Å². The second kappa shape index (κ2) is 7.88. The fourth-order valence-corrected chi connectivity index (χ4v) is 3.81. The Morgan fingerprint density at radius 3 is 2.64 bits per heavy atom. The molecule has 7 nitrogen and oxygen atoms in total. The van der Waals surface area contributed by atoms with Gasteiger partial charge in [-0.15, -0.1) is 0 Å². The molecule has 0 aromatic carbocycles. The number of aromatic nitrogens is 2. The summed E-state index contributed by atoms with van der Waals surface area (Å²) >= 11 is 6.47. The first kappa shape index (κ1) is 20.9. The minimum absolute atomic E-state index is 0.00155. The number of hydrogen-bond acceptors (Lipinski definition) is 6. The van der Waals surface area contributed by atoms with E-state index in [0.717, 1.165) is 12.8 Å². The summed E-state index contributed by atoms with van der Waals surface area (Å²) in [5, 5.41) is 9.54. The van der Waals surface area contributed by atoms with Crippen LogP contribution in [0, 0.1) is 0 Å². The Bertz CT molecular complexity index is 768. The van der Waals surface area contributed by atoms with Crippen LogP contribution in [0.15, 0.2) is 22.6 Å². The molecule has 0 bridgehead atoms. The van der Waals surface area contributed by atoms with Crippen molar-refractivity contribution in [2.75, 3.05) is 33.4 Å². The molecule has 2 aliphatic rings. The zero-order chi connectivity index (χ0) is 20.5. The molecule has 12 heteroatoms. The quantitative estimate of drug-likeness (QED) is 0.630. The first-order valence-corrected chi connectivity index (χ1v) is 9.20. The van der Waals surface area contributed by atoms with Gasteiger partial charge in [0.2, 0.25) is 5.79 Å². The Morgan fingerprint density at radius 2 is 2.07 bits per heavy atom. The number of nitrogens with one attached hydrogen (secondary N) is 2. The third-order valence-corrected chi connectivity index (χ3v) is 5.36. The number of likely N-dealkylation sites (tertiary alicyclic amines) is 1. The Labute approximate surface area is 164 Å². The molecule has 1 aromatic rings. The number of rotatable bonds is 5. The maximum Gasteiger partial charge on any atom is 0.421 e. The molecule has 3 heterocycles. The van der Waals surface area contributed by atoms with Gasteiger partial charge in [-0.1, -0.05) is 11.6 Å². The van der Waals surface area contributed by atoms with Crippen LogP contribution in [0.3, 0.4) is 0 Å². The number of allylic oxidation sites excluding steroid dienone is 1. The van der Waals surface area contributed by atoms with Crippen molar-refractivity contribution < 1.29 is 17.6 Å². The fourth-order valence-electron chi connectivity index (χ4n) is 3.43. The average molecular weight is 424 g/mol. The molecule has 1 saturated heterocycles. The van der Waals surface area contributed by atoms with E-state index >= 15 is 0 Å². The van der Waals surface area contributed by atoms with Gasteiger partial charge in [-0.3, -0.25) is 10.4 Å². The predicted molar refractivity (Wildman–Crippen MR) is 97.6 cm³/mol. The minimum Gasteiger partial charge on any atom is -0.374 e. The van der Waals surface area contributed by atoms with Crippen molar-refractivity contribution in [2.45, 2.75) is 30.8 Å². The first-order valence-electron chi connectivity index (χ1n) is 8.83. The topological polar surface area (TPSA) is 83.5 Å². The molecule has 4 N–H and O–H groups in total. The van der Waals surface area contributed by atoms with E-state index in [-0.39, 0.29) is 22.6 Å². The minimum atomic E-state index is -4.59. The van der Waals surface area contributed by atoms with Crippen LogP contribution in [-0.4, -0.2) is 60.4 Å². The lowest BCUT2D eigenvalue weighted by Gasteiger charge is -2.33. The van der Waals surface area contributed by atoms with E-state index < -0.39 is 24.2 Å². The van der Waals surface area contributed by atoms with E-state index in [2.05, 4.69) is 20.7 Å². The zero-order valence-electron chi connectivity index (χ0n) is 15.2. The average Bonchev–Trinajstić information content (AvgIpc) is 3.04. The summed E-state index contributed by atoms with van der Waals surface area (Å²) in [7, 11) is 1.35. The molecule has 156 valence electrons. The largest absolute Gasteiger partial charge is 0.421 e. The van der Waals surface area contributed by atoms with E-state index in [1.54, 1.807) is 4.68 Å². The van der Waals surface area contributed by atoms with Gasteiger partial charge in [0.25, 0.3) is 0 Å². The molecule has 1 unspecified atom stereocenters. The smallest absolute Gasteiger partial charge is 0.374 e. The summed E-state index contributed by atoms with van der Waals surface area (Å²) < 4.78 is 53.4. The zero-order valence-corrected chi connectivity index (χ0v) is 16.0.